The highest BCUT2D eigenvalue weighted by molar-refractivity contribution is 5.23. The first-order valence-corrected chi connectivity index (χ1v) is 4.75. The highest BCUT2D eigenvalue weighted by Gasteiger charge is 2.40. The van der Waals surface area contributed by atoms with Gasteiger partial charge >= 0.3 is 0 Å². The molecule has 1 heteroatoms. The first-order chi connectivity index (χ1) is 5.86. The number of hydrogen-bond donors (Lipinski definition) is 0. The van der Waals surface area contributed by atoms with Crippen molar-refractivity contribution in [2.75, 3.05) is 7.11 Å². The Balaban J connectivity index is 2.04. The SMILES string of the molecule is C=C[C@@H]1C[C@@H]1C(OC)=C1CCC1. The maximum Gasteiger partial charge on any atom is 0.0984 e. The van der Waals surface area contributed by atoms with Gasteiger partial charge < -0.3 is 4.74 Å². The predicted molar refractivity (Wildman–Crippen MR) is 49.7 cm³/mol. The van der Waals surface area contributed by atoms with Gasteiger partial charge in [-0.2, -0.15) is 0 Å². The smallest absolute Gasteiger partial charge is 0.0984 e. The van der Waals surface area contributed by atoms with Crippen molar-refractivity contribution >= 4 is 0 Å². The highest BCUT2D eigenvalue weighted by Crippen LogP contribution is 2.48. The number of rotatable bonds is 3. The van der Waals surface area contributed by atoms with Crippen molar-refractivity contribution in [3.63, 3.8) is 0 Å². The summed E-state index contributed by atoms with van der Waals surface area (Å²) in [7, 11) is 1.80. The van der Waals surface area contributed by atoms with E-state index in [4.69, 9.17) is 4.74 Å². The van der Waals surface area contributed by atoms with E-state index in [2.05, 4.69) is 12.7 Å². The fraction of sp³-hybridized carbons (Fsp3) is 0.636. The fourth-order valence-electron chi connectivity index (χ4n) is 1.93. The molecule has 2 saturated carbocycles. The third-order valence-corrected chi connectivity index (χ3v) is 3.00. The molecule has 0 aromatic heterocycles. The van der Waals surface area contributed by atoms with Gasteiger partial charge in [-0.25, -0.2) is 0 Å². The first-order valence-electron chi connectivity index (χ1n) is 4.75. The van der Waals surface area contributed by atoms with Gasteiger partial charge in [0.2, 0.25) is 0 Å². The predicted octanol–water partition coefficient (Wildman–Crippen LogP) is 2.89. The average molecular weight is 164 g/mol. The van der Waals surface area contributed by atoms with Crippen LogP contribution in [0.5, 0.6) is 0 Å². The summed E-state index contributed by atoms with van der Waals surface area (Å²) in [6, 6.07) is 0. The van der Waals surface area contributed by atoms with Crippen LogP contribution >= 0.6 is 0 Å². The molecule has 0 amide bonds. The Morgan fingerprint density at radius 3 is 2.67 bits per heavy atom. The molecule has 0 aliphatic heterocycles. The second-order valence-electron chi connectivity index (χ2n) is 3.77. The van der Waals surface area contributed by atoms with Crippen LogP contribution in [0.4, 0.5) is 0 Å². The number of hydrogen-bond acceptors (Lipinski definition) is 1. The Bertz CT molecular complexity index is 221. The van der Waals surface area contributed by atoms with E-state index >= 15 is 0 Å². The van der Waals surface area contributed by atoms with Crippen LogP contribution in [0, 0.1) is 11.8 Å². The molecule has 0 bridgehead atoms. The molecule has 0 spiro atoms. The summed E-state index contributed by atoms with van der Waals surface area (Å²) < 4.78 is 5.44. The van der Waals surface area contributed by atoms with Crippen LogP contribution in [0.15, 0.2) is 24.0 Å². The van der Waals surface area contributed by atoms with Crippen molar-refractivity contribution in [1.82, 2.24) is 0 Å². The van der Waals surface area contributed by atoms with E-state index < -0.39 is 0 Å². The number of ether oxygens (including phenoxy) is 1. The van der Waals surface area contributed by atoms with Crippen molar-refractivity contribution in [2.24, 2.45) is 11.8 Å². The lowest BCUT2D eigenvalue weighted by atomic mass is 9.90. The van der Waals surface area contributed by atoms with Gasteiger partial charge in [0.25, 0.3) is 0 Å². The van der Waals surface area contributed by atoms with Gasteiger partial charge in [-0.05, 0) is 37.2 Å². The van der Waals surface area contributed by atoms with Crippen LogP contribution in [-0.4, -0.2) is 7.11 Å². The van der Waals surface area contributed by atoms with E-state index in [0.29, 0.717) is 11.8 Å². The second kappa shape index (κ2) is 2.96. The van der Waals surface area contributed by atoms with Gasteiger partial charge in [0.1, 0.15) is 0 Å². The van der Waals surface area contributed by atoms with Crippen molar-refractivity contribution in [2.45, 2.75) is 25.7 Å². The summed E-state index contributed by atoms with van der Waals surface area (Å²) in [6.45, 7) is 3.81. The Hall–Kier alpha value is -0.720. The van der Waals surface area contributed by atoms with E-state index in [-0.39, 0.29) is 0 Å². The molecule has 0 heterocycles. The van der Waals surface area contributed by atoms with Crippen molar-refractivity contribution < 1.29 is 4.74 Å². The maximum atomic E-state index is 5.44. The minimum Gasteiger partial charge on any atom is -0.501 e. The molecule has 0 aromatic carbocycles. The molecule has 66 valence electrons. The Morgan fingerprint density at radius 2 is 2.33 bits per heavy atom. The highest BCUT2D eigenvalue weighted by atomic mass is 16.5. The van der Waals surface area contributed by atoms with Crippen LogP contribution in [0.25, 0.3) is 0 Å². The van der Waals surface area contributed by atoms with Crippen LogP contribution in [0.1, 0.15) is 25.7 Å². The molecule has 2 aliphatic rings. The molecule has 2 fully saturated rings. The number of methoxy groups -OCH3 is 1. The van der Waals surface area contributed by atoms with Crippen molar-refractivity contribution in [3.05, 3.63) is 24.0 Å². The van der Waals surface area contributed by atoms with E-state index in [9.17, 15) is 0 Å². The van der Waals surface area contributed by atoms with E-state index in [1.54, 1.807) is 12.7 Å². The lowest BCUT2D eigenvalue weighted by molar-refractivity contribution is 0.254. The Kier molecular flexibility index (Phi) is 1.95. The molecule has 0 saturated heterocycles. The first kappa shape index (κ1) is 7.90. The van der Waals surface area contributed by atoms with Gasteiger partial charge in [0, 0.05) is 5.92 Å². The average Bonchev–Trinajstić information content (AvgIpc) is 2.74. The molecule has 12 heavy (non-hydrogen) atoms. The van der Waals surface area contributed by atoms with Crippen molar-refractivity contribution in [3.8, 4) is 0 Å². The maximum absolute atomic E-state index is 5.44. The van der Waals surface area contributed by atoms with Gasteiger partial charge in [0.05, 0.1) is 12.9 Å². The molecular weight excluding hydrogens is 148 g/mol. The van der Waals surface area contributed by atoms with E-state index in [1.807, 2.05) is 0 Å². The summed E-state index contributed by atoms with van der Waals surface area (Å²) >= 11 is 0. The summed E-state index contributed by atoms with van der Waals surface area (Å²) in [5.41, 5.74) is 1.56. The second-order valence-corrected chi connectivity index (χ2v) is 3.77. The van der Waals surface area contributed by atoms with Gasteiger partial charge in [-0.3, -0.25) is 0 Å². The number of allylic oxidation sites excluding steroid dienone is 3. The molecule has 0 radical (unpaired) electrons. The van der Waals surface area contributed by atoms with Crippen LogP contribution in [0.3, 0.4) is 0 Å². The van der Waals surface area contributed by atoms with Crippen LogP contribution in [-0.2, 0) is 4.74 Å². The molecule has 0 N–H and O–H groups in total. The summed E-state index contributed by atoms with van der Waals surface area (Å²) in [5.74, 6) is 2.67. The molecule has 2 aliphatic carbocycles. The molecule has 2 rings (SSSR count). The minimum atomic E-state index is 0.683. The lowest BCUT2D eigenvalue weighted by Gasteiger charge is -2.21. The molecule has 2 atom stereocenters. The van der Waals surface area contributed by atoms with E-state index in [1.165, 1.54) is 31.4 Å². The zero-order valence-corrected chi connectivity index (χ0v) is 7.68. The summed E-state index contributed by atoms with van der Waals surface area (Å²) in [5, 5.41) is 0. The Labute approximate surface area is 74.1 Å². The van der Waals surface area contributed by atoms with Crippen molar-refractivity contribution in [1.29, 1.82) is 0 Å². The molecular formula is C11H16O. The fourth-order valence-corrected chi connectivity index (χ4v) is 1.93. The Morgan fingerprint density at radius 1 is 1.58 bits per heavy atom. The van der Waals surface area contributed by atoms with E-state index in [0.717, 1.165) is 0 Å². The van der Waals surface area contributed by atoms with Gasteiger partial charge in [0.15, 0.2) is 0 Å². The molecule has 0 aromatic rings. The van der Waals surface area contributed by atoms with Gasteiger partial charge in [-0.1, -0.05) is 6.08 Å². The minimum absolute atomic E-state index is 0.683. The third-order valence-electron chi connectivity index (χ3n) is 3.00. The summed E-state index contributed by atoms with van der Waals surface area (Å²) in [4.78, 5) is 0. The van der Waals surface area contributed by atoms with Crippen LogP contribution < -0.4 is 0 Å². The quantitative estimate of drug-likeness (QED) is 0.460. The third kappa shape index (κ3) is 1.17. The topological polar surface area (TPSA) is 9.23 Å². The lowest BCUT2D eigenvalue weighted by Crippen LogP contribution is -2.05. The molecule has 0 unspecified atom stereocenters. The monoisotopic (exact) mass is 164 g/mol. The van der Waals surface area contributed by atoms with Crippen LogP contribution in [0.2, 0.25) is 0 Å². The normalized spacial score (nSPS) is 32.2. The largest absolute Gasteiger partial charge is 0.501 e. The summed E-state index contributed by atoms with van der Waals surface area (Å²) in [6.07, 6.45) is 7.21. The zero-order chi connectivity index (χ0) is 8.55. The molecule has 1 nitrogen and oxygen atoms in total. The van der Waals surface area contributed by atoms with Gasteiger partial charge in [-0.15, -0.1) is 6.58 Å². The zero-order valence-electron chi connectivity index (χ0n) is 7.68. The standard InChI is InChI=1S/C11H16O/c1-3-8-7-10(8)11(12-2)9-5-4-6-9/h3,8,10H,1,4-7H2,2H3/t8-,10+/m1/s1.